The van der Waals surface area contributed by atoms with E-state index in [1.165, 1.54) is 0 Å². The van der Waals surface area contributed by atoms with E-state index in [1.807, 2.05) is 13.8 Å². The Morgan fingerprint density at radius 2 is 1.38 bits per heavy atom. The van der Waals surface area contributed by atoms with E-state index in [-0.39, 0.29) is 0 Å². The average molecular weight is 384 g/mol. The molecule has 6 heteroatoms. The maximum Gasteiger partial charge on any atom is 0.0515 e. The van der Waals surface area contributed by atoms with E-state index in [2.05, 4.69) is 45.0 Å². The van der Waals surface area contributed by atoms with E-state index >= 15 is 0 Å². The molecule has 88 valence electrons. The van der Waals surface area contributed by atoms with Gasteiger partial charge in [0, 0.05) is 17.4 Å². The molecule has 0 atom stereocenters. The molecule has 1 heterocycles. The summed E-state index contributed by atoms with van der Waals surface area (Å²) in [5.74, 6) is 5.95. The minimum Gasteiger partial charge on any atom is -0.339 e. The third-order valence-corrected chi connectivity index (χ3v) is 4.96. The second kappa shape index (κ2) is 5.71. The highest BCUT2D eigenvalue weighted by atomic mass is 79.9. The van der Waals surface area contributed by atoms with E-state index in [0.29, 0.717) is 0 Å². The molecule has 0 aliphatic rings. The molecular formula is C10H12Br2N2S2. The SMILES string of the molecule is C=C(Br)Sc1c(SC(=C)Br)c(C)n(N)c1C. The van der Waals surface area contributed by atoms with Crippen molar-refractivity contribution in [3.05, 3.63) is 32.2 Å². The highest BCUT2D eigenvalue weighted by molar-refractivity contribution is 9.14. The zero-order valence-corrected chi connectivity index (χ0v) is 13.8. The number of nitrogens with two attached hydrogens (primary N) is 1. The Morgan fingerprint density at radius 3 is 1.62 bits per heavy atom. The Hall–Kier alpha value is 0.220. The van der Waals surface area contributed by atoms with Gasteiger partial charge >= 0.3 is 0 Å². The summed E-state index contributed by atoms with van der Waals surface area (Å²) in [5, 5.41) is 0. The Morgan fingerprint density at radius 1 is 1.06 bits per heavy atom. The van der Waals surface area contributed by atoms with E-state index in [1.54, 1.807) is 28.2 Å². The van der Waals surface area contributed by atoms with Crippen LogP contribution in [0.15, 0.2) is 30.6 Å². The first-order valence-corrected chi connectivity index (χ1v) is 7.58. The summed E-state index contributed by atoms with van der Waals surface area (Å²) in [7, 11) is 0. The number of aromatic nitrogens is 1. The molecule has 0 saturated carbocycles. The standard InChI is InChI=1S/C10H12Br2N2S2/c1-5-9(15-7(3)11)10(16-8(4)12)6(2)14(5)13/h3-4,13H2,1-2H3. The molecule has 0 amide bonds. The van der Waals surface area contributed by atoms with Gasteiger partial charge in [-0.2, -0.15) is 0 Å². The van der Waals surface area contributed by atoms with E-state index in [9.17, 15) is 0 Å². The fraction of sp³-hybridized carbons (Fsp3) is 0.200. The molecule has 0 bridgehead atoms. The minimum absolute atomic E-state index is 0.864. The highest BCUT2D eigenvalue weighted by Crippen LogP contribution is 2.44. The first-order valence-electron chi connectivity index (χ1n) is 4.36. The van der Waals surface area contributed by atoms with Crippen LogP contribution in [0.4, 0.5) is 0 Å². The summed E-state index contributed by atoms with van der Waals surface area (Å²) < 4.78 is 3.42. The predicted molar refractivity (Wildman–Crippen MR) is 81.9 cm³/mol. The highest BCUT2D eigenvalue weighted by Gasteiger charge is 2.18. The van der Waals surface area contributed by atoms with Crippen molar-refractivity contribution in [2.45, 2.75) is 23.6 Å². The van der Waals surface area contributed by atoms with Crippen molar-refractivity contribution in [3.63, 3.8) is 0 Å². The van der Waals surface area contributed by atoms with E-state index in [4.69, 9.17) is 5.84 Å². The molecule has 0 saturated heterocycles. The lowest BCUT2D eigenvalue weighted by molar-refractivity contribution is 0.899. The normalized spacial score (nSPS) is 10.5. The lowest BCUT2D eigenvalue weighted by atomic mass is 10.4. The van der Waals surface area contributed by atoms with Gasteiger partial charge < -0.3 is 5.84 Å². The van der Waals surface area contributed by atoms with Gasteiger partial charge in [0.1, 0.15) is 0 Å². The number of rotatable bonds is 4. The number of halogens is 2. The third kappa shape index (κ3) is 3.12. The summed E-state index contributed by atoms with van der Waals surface area (Å²) in [5.41, 5.74) is 2.05. The van der Waals surface area contributed by atoms with Crippen LogP contribution < -0.4 is 5.84 Å². The van der Waals surface area contributed by atoms with Crippen molar-refractivity contribution < 1.29 is 0 Å². The molecular weight excluding hydrogens is 372 g/mol. The first-order chi connectivity index (χ1) is 7.34. The largest absolute Gasteiger partial charge is 0.339 e. The van der Waals surface area contributed by atoms with Gasteiger partial charge in [0.25, 0.3) is 0 Å². The maximum absolute atomic E-state index is 5.95. The topological polar surface area (TPSA) is 30.9 Å². The van der Waals surface area contributed by atoms with Crippen LogP contribution in [0.2, 0.25) is 0 Å². The van der Waals surface area contributed by atoms with Crippen LogP contribution >= 0.6 is 55.4 Å². The van der Waals surface area contributed by atoms with Gasteiger partial charge in [-0.1, -0.05) is 36.7 Å². The van der Waals surface area contributed by atoms with E-state index in [0.717, 1.165) is 28.8 Å². The van der Waals surface area contributed by atoms with Crippen molar-refractivity contribution in [1.82, 2.24) is 4.68 Å². The molecule has 1 rings (SSSR count). The predicted octanol–water partition coefficient (Wildman–Crippen LogP) is 4.74. The average Bonchev–Trinajstić information content (AvgIpc) is 2.34. The van der Waals surface area contributed by atoms with Gasteiger partial charge in [-0.05, 0) is 45.7 Å². The lowest BCUT2D eigenvalue weighted by Crippen LogP contribution is -2.11. The van der Waals surface area contributed by atoms with Gasteiger partial charge in [0.2, 0.25) is 0 Å². The van der Waals surface area contributed by atoms with Crippen LogP contribution in [-0.2, 0) is 0 Å². The fourth-order valence-corrected chi connectivity index (χ4v) is 3.90. The van der Waals surface area contributed by atoms with Crippen LogP contribution in [0.25, 0.3) is 0 Å². The Bertz CT molecular complexity index is 413. The number of nitrogen functional groups attached to an aromatic ring is 1. The van der Waals surface area contributed by atoms with Crippen LogP contribution in [0, 0.1) is 13.8 Å². The smallest absolute Gasteiger partial charge is 0.0515 e. The number of thioether (sulfide) groups is 2. The monoisotopic (exact) mass is 382 g/mol. The van der Waals surface area contributed by atoms with Gasteiger partial charge in [0.15, 0.2) is 0 Å². The quantitative estimate of drug-likeness (QED) is 0.601. The number of hydrogen-bond acceptors (Lipinski definition) is 3. The fourth-order valence-electron chi connectivity index (χ4n) is 1.26. The molecule has 2 nitrogen and oxygen atoms in total. The Balaban J connectivity index is 3.26. The zero-order valence-electron chi connectivity index (χ0n) is 9.01. The molecule has 0 spiro atoms. The third-order valence-electron chi connectivity index (χ3n) is 2.01. The Kier molecular flexibility index (Phi) is 5.10. The second-order valence-corrected chi connectivity index (χ2v) is 8.29. The number of nitrogens with zero attached hydrogens (tertiary/aromatic N) is 1. The van der Waals surface area contributed by atoms with E-state index < -0.39 is 0 Å². The molecule has 0 aromatic carbocycles. The van der Waals surface area contributed by atoms with Crippen molar-refractivity contribution in [3.8, 4) is 0 Å². The van der Waals surface area contributed by atoms with Crippen LogP contribution in [0.1, 0.15) is 11.4 Å². The van der Waals surface area contributed by atoms with Crippen LogP contribution in [0.3, 0.4) is 0 Å². The summed E-state index contributed by atoms with van der Waals surface area (Å²) in [4.78, 5) is 2.24. The molecule has 2 N–H and O–H groups in total. The van der Waals surface area contributed by atoms with Crippen molar-refractivity contribution >= 4 is 55.4 Å². The molecule has 0 fully saturated rings. The summed E-state index contributed by atoms with van der Waals surface area (Å²) in [6.07, 6.45) is 0. The molecule has 0 aliphatic carbocycles. The van der Waals surface area contributed by atoms with Crippen molar-refractivity contribution in [2.24, 2.45) is 0 Å². The number of hydrogen-bond donors (Lipinski definition) is 1. The van der Waals surface area contributed by atoms with Gasteiger partial charge in [-0.25, -0.2) is 0 Å². The summed E-state index contributed by atoms with van der Waals surface area (Å²) in [6, 6.07) is 0. The van der Waals surface area contributed by atoms with Crippen molar-refractivity contribution in [1.29, 1.82) is 0 Å². The minimum atomic E-state index is 0.864. The van der Waals surface area contributed by atoms with Crippen molar-refractivity contribution in [2.75, 3.05) is 5.84 Å². The lowest BCUT2D eigenvalue weighted by Gasteiger charge is -2.03. The second-order valence-electron chi connectivity index (χ2n) is 3.11. The molecule has 1 aromatic heterocycles. The molecule has 0 unspecified atom stereocenters. The van der Waals surface area contributed by atoms with Crippen LogP contribution in [-0.4, -0.2) is 4.68 Å². The van der Waals surface area contributed by atoms with Gasteiger partial charge in [-0.3, -0.25) is 4.68 Å². The molecule has 1 aromatic rings. The molecule has 0 radical (unpaired) electrons. The first kappa shape index (κ1) is 14.3. The maximum atomic E-state index is 5.95. The zero-order chi connectivity index (χ0) is 12.5. The summed E-state index contributed by atoms with van der Waals surface area (Å²) >= 11 is 9.84. The Labute approximate surface area is 121 Å². The van der Waals surface area contributed by atoms with Crippen LogP contribution in [0.5, 0.6) is 0 Å². The molecule has 16 heavy (non-hydrogen) atoms. The van der Waals surface area contributed by atoms with Gasteiger partial charge in [-0.15, -0.1) is 0 Å². The molecule has 0 aliphatic heterocycles. The van der Waals surface area contributed by atoms with Gasteiger partial charge in [0.05, 0.1) is 11.4 Å². The summed E-state index contributed by atoms with van der Waals surface area (Å²) in [6.45, 7) is 11.7.